The van der Waals surface area contributed by atoms with Gasteiger partial charge in [-0.3, -0.25) is 0 Å². The average Bonchev–Trinajstić information content (AvgIpc) is 2.54. The highest BCUT2D eigenvalue weighted by Crippen LogP contribution is 2.19. The van der Waals surface area contributed by atoms with Gasteiger partial charge >= 0.3 is 5.97 Å². The lowest BCUT2D eigenvalue weighted by Crippen LogP contribution is -2.20. The first-order chi connectivity index (χ1) is 10.7. The van der Waals surface area contributed by atoms with E-state index in [0.29, 0.717) is 18.7 Å². The minimum absolute atomic E-state index is 0.295. The maximum absolute atomic E-state index is 12.4. The van der Waals surface area contributed by atoms with Gasteiger partial charge in [0.25, 0.3) is 0 Å². The minimum atomic E-state index is -0.295. The Balaban J connectivity index is 2.23. The number of carbonyl (C=O) groups is 1. The van der Waals surface area contributed by atoms with Crippen molar-refractivity contribution >= 4 is 17.6 Å². The molecule has 0 radical (unpaired) electrons. The van der Waals surface area contributed by atoms with Crippen LogP contribution in [0.15, 0.2) is 60.7 Å². The second-order valence-electron chi connectivity index (χ2n) is 5.27. The van der Waals surface area contributed by atoms with Crippen LogP contribution in [0.5, 0.6) is 0 Å². The van der Waals surface area contributed by atoms with Crippen molar-refractivity contribution in [1.82, 2.24) is 4.90 Å². The van der Waals surface area contributed by atoms with Crippen molar-refractivity contribution in [3.63, 3.8) is 0 Å². The van der Waals surface area contributed by atoms with Gasteiger partial charge in [0.2, 0.25) is 0 Å². The fourth-order valence-corrected chi connectivity index (χ4v) is 1.99. The van der Waals surface area contributed by atoms with Crippen LogP contribution >= 0.6 is 0 Å². The summed E-state index contributed by atoms with van der Waals surface area (Å²) < 4.78 is 5.39. The van der Waals surface area contributed by atoms with Crippen molar-refractivity contribution < 1.29 is 9.53 Å². The Bertz CT molecular complexity index is 618. The number of hydrogen-bond acceptors (Lipinski definition) is 3. The Morgan fingerprint density at radius 1 is 1.00 bits per heavy atom. The highest BCUT2D eigenvalue weighted by atomic mass is 16.5. The molecule has 0 N–H and O–H groups in total. The van der Waals surface area contributed by atoms with Gasteiger partial charge in [0.15, 0.2) is 0 Å². The maximum atomic E-state index is 12.4. The van der Waals surface area contributed by atoms with E-state index in [1.807, 2.05) is 85.7 Å². The van der Waals surface area contributed by atoms with Crippen molar-refractivity contribution in [2.75, 3.05) is 27.2 Å². The molecule has 0 aliphatic carbocycles. The second-order valence-corrected chi connectivity index (χ2v) is 5.27. The van der Waals surface area contributed by atoms with Gasteiger partial charge in [-0.15, -0.1) is 0 Å². The summed E-state index contributed by atoms with van der Waals surface area (Å²) in [5.41, 5.74) is 2.41. The zero-order valence-electron chi connectivity index (χ0n) is 13.0. The van der Waals surface area contributed by atoms with E-state index >= 15 is 0 Å². The molecule has 114 valence electrons. The molecule has 0 saturated carbocycles. The third kappa shape index (κ3) is 4.86. The SMILES string of the molecule is CN(C)CCOC(=O)/C(=C/c1ccccc1)c1ccccc1. The molecule has 0 saturated heterocycles. The van der Waals surface area contributed by atoms with Crippen molar-refractivity contribution in [1.29, 1.82) is 0 Å². The monoisotopic (exact) mass is 295 g/mol. The second kappa shape index (κ2) is 8.15. The molecule has 2 aromatic carbocycles. The molecule has 22 heavy (non-hydrogen) atoms. The molecule has 0 fully saturated rings. The fraction of sp³-hybridized carbons (Fsp3) is 0.211. The summed E-state index contributed by atoms with van der Waals surface area (Å²) in [5.74, 6) is -0.295. The number of likely N-dealkylation sites (N-methyl/N-ethyl adjacent to an activating group) is 1. The van der Waals surface area contributed by atoms with E-state index < -0.39 is 0 Å². The van der Waals surface area contributed by atoms with E-state index in [1.165, 1.54) is 0 Å². The van der Waals surface area contributed by atoms with Crippen LogP contribution in [-0.4, -0.2) is 38.1 Å². The fourth-order valence-electron chi connectivity index (χ4n) is 1.99. The molecule has 0 aromatic heterocycles. The first-order valence-corrected chi connectivity index (χ1v) is 7.31. The minimum Gasteiger partial charge on any atom is -0.461 e. The van der Waals surface area contributed by atoms with E-state index in [1.54, 1.807) is 0 Å². The molecule has 0 atom stereocenters. The molecule has 0 aliphatic heterocycles. The van der Waals surface area contributed by atoms with Gasteiger partial charge in [0, 0.05) is 6.54 Å². The standard InChI is InChI=1S/C19H21NO2/c1-20(2)13-14-22-19(21)18(17-11-7-4-8-12-17)15-16-9-5-3-6-10-16/h3-12,15H,13-14H2,1-2H3/b18-15+. The molecule has 2 aromatic rings. The van der Waals surface area contributed by atoms with E-state index in [4.69, 9.17) is 4.74 Å². The van der Waals surface area contributed by atoms with Gasteiger partial charge in [0.1, 0.15) is 6.61 Å². The van der Waals surface area contributed by atoms with Crippen LogP contribution in [0, 0.1) is 0 Å². The summed E-state index contributed by atoms with van der Waals surface area (Å²) in [6.07, 6.45) is 1.87. The van der Waals surface area contributed by atoms with Gasteiger partial charge in [-0.05, 0) is 31.3 Å². The number of esters is 1. The van der Waals surface area contributed by atoms with Gasteiger partial charge < -0.3 is 9.64 Å². The van der Waals surface area contributed by atoms with Crippen LogP contribution in [0.3, 0.4) is 0 Å². The molecular weight excluding hydrogens is 274 g/mol. The molecule has 3 nitrogen and oxygen atoms in total. The highest BCUT2D eigenvalue weighted by molar-refractivity contribution is 6.21. The molecule has 2 rings (SSSR count). The molecular formula is C19H21NO2. The Kier molecular flexibility index (Phi) is 5.92. The van der Waals surface area contributed by atoms with Crippen LogP contribution in [0.25, 0.3) is 11.6 Å². The Labute approximate surface area is 131 Å². The van der Waals surface area contributed by atoms with Crippen molar-refractivity contribution in [2.45, 2.75) is 0 Å². The molecule has 0 spiro atoms. The van der Waals surface area contributed by atoms with Crippen molar-refractivity contribution in [3.8, 4) is 0 Å². The highest BCUT2D eigenvalue weighted by Gasteiger charge is 2.13. The normalized spacial score (nSPS) is 11.5. The van der Waals surface area contributed by atoms with E-state index in [2.05, 4.69) is 0 Å². The number of ether oxygens (including phenoxy) is 1. The lowest BCUT2D eigenvalue weighted by molar-refractivity contribution is -0.136. The summed E-state index contributed by atoms with van der Waals surface area (Å²) in [6.45, 7) is 1.09. The zero-order valence-corrected chi connectivity index (χ0v) is 13.0. The number of benzene rings is 2. The number of hydrogen-bond donors (Lipinski definition) is 0. The van der Waals surface area contributed by atoms with Gasteiger partial charge in [-0.25, -0.2) is 4.79 Å². The largest absolute Gasteiger partial charge is 0.461 e. The number of carbonyl (C=O) groups excluding carboxylic acids is 1. The molecule has 0 heterocycles. The zero-order chi connectivity index (χ0) is 15.8. The van der Waals surface area contributed by atoms with E-state index in [-0.39, 0.29) is 5.97 Å². The first kappa shape index (κ1) is 16.0. The third-order valence-electron chi connectivity index (χ3n) is 3.19. The topological polar surface area (TPSA) is 29.5 Å². The quantitative estimate of drug-likeness (QED) is 0.465. The van der Waals surface area contributed by atoms with Gasteiger partial charge in [-0.2, -0.15) is 0 Å². The van der Waals surface area contributed by atoms with Crippen LogP contribution in [-0.2, 0) is 9.53 Å². The van der Waals surface area contributed by atoms with Crippen LogP contribution in [0.1, 0.15) is 11.1 Å². The van der Waals surface area contributed by atoms with Crippen molar-refractivity contribution in [3.05, 3.63) is 71.8 Å². The Morgan fingerprint density at radius 3 is 2.18 bits per heavy atom. The van der Waals surface area contributed by atoms with Crippen LogP contribution in [0.4, 0.5) is 0 Å². The average molecular weight is 295 g/mol. The molecule has 0 aliphatic rings. The predicted molar refractivity (Wildman–Crippen MR) is 90.3 cm³/mol. The summed E-state index contributed by atoms with van der Waals surface area (Å²) >= 11 is 0. The summed E-state index contributed by atoms with van der Waals surface area (Å²) in [6, 6.07) is 19.4. The van der Waals surface area contributed by atoms with Crippen LogP contribution < -0.4 is 0 Å². The van der Waals surface area contributed by atoms with E-state index in [0.717, 1.165) is 11.1 Å². The summed E-state index contributed by atoms with van der Waals surface area (Å²) in [7, 11) is 3.90. The van der Waals surface area contributed by atoms with Crippen molar-refractivity contribution in [2.24, 2.45) is 0 Å². The molecule has 0 bridgehead atoms. The van der Waals surface area contributed by atoms with Gasteiger partial charge in [0.05, 0.1) is 5.57 Å². The van der Waals surface area contributed by atoms with Gasteiger partial charge in [-0.1, -0.05) is 60.7 Å². The molecule has 0 unspecified atom stereocenters. The summed E-state index contributed by atoms with van der Waals surface area (Å²) in [4.78, 5) is 14.4. The molecule has 0 amide bonds. The van der Waals surface area contributed by atoms with Crippen LogP contribution in [0.2, 0.25) is 0 Å². The first-order valence-electron chi connectivity index (χ1n) is 7.31. The third-order valence-corrected chi connectivity index (χ3v) is 3.19. The predicted octanol–water partition coefficient (Wildman–Crippen LogP) is 3.33. The lowest BCUT2D eigenvalue weighted by Gasteiger charge is -2.12. The summed E-state index contributed by atoms with van der Waals surface area (Å²) in [5, 5.41) is 0. The number of rotatable bonds is 6. The Hall–Kier alpha value is -2.39. The molecule has 3 heteroatoms. The van der Waals surface area contributed by atoms with E-state index in [9.17, 15) is 4.79 Å². The number of nitrogens with zero attached hydrogens (tertiary/aromatic N) is 1. The lowest BCUT2D eigenvalue weighted by atomic mass is 10.0. The maximum Gasteiger partial charge on any atom is 0.338 e. The smallest absolute Gasteiger partial charge is 0.338 e. The Morgan fingerprint density at radius 2 is 1.59 bits per heavy atom.